The van der Waals surface area contributed by atoms with E-state index in [1.165, 1.54) is 11.3 Å². The minimum absolute atomic E-state index is 0.246. The van der Waals surface area contributed by atoms with Gasteiger partial charge in [-0.25, -0.2) is 13.8 Å². The maximum absolute atomic E-state index is 13.0. The standard InChI is InChI=1S/C16H15ClF3N3O3S2/c1-10(14-4-3-7-27-14)21-22-15(24)9-23(28(2,25)26)13-8-11(16(18,19)20)5-6-12(13)17/h3-8H,9H2,1-2H3,(H,22,24). The van der Waals surface area contributed by atoms with Gasteiger partial charge >= 0.3 is 6.18 Å². The van der Waals surface area contributed by atoms with E-state index in [2.05, 4.69) is 10.5 Å². The Morgan fingerprint density at radius 3 is 2.54 bits per heavy atom. The number of nitrogens with zero attached hydrogens (tertiary/aromatic N) is 2. The molecule has 1 heterocycles. The number of carbonyl (C=O) groups excluding carboxylic acids is 1. The van der Waals surface area contributed by atoms with Crippen molar-refractivity contribution >= 4 is 50.3 Å². The largest absolute Gasteiger partial charge is 0.416 e. The predicted molar refractivity (Wildman–Crippen MR) is 103 cm³/mol. The Bertz CT molecular complexity index is 990. The normalized spacial score (nSPS) is 12.7. The summed E-state index contributed by atoms with van der Waals surface area (Å²) in [5.74, 6) is -0.838. The van der Waals surface area contributed by atoms with Crippen LogP contribution in [-0.4, -0.2) is 32.8 Å². The minimum atomic E-state index is -4.70. The lowest BCUT2D eigenvalue weighted by molar-refractivity contribution is -0.137. The number of nitrogens with one attached hydrogen (secondary N) is 1. The Morgan fingerprint density at radius 2 is 2.00 bits per heavy atom. The Balaban J connectivity index is 2.28. The smallest absolute Gasteiger partial charge is 0.271 e. The van der Waals surface area contributed by atoms with Gasteiger partial charge < -0.3 is 0 Å². The number of hydrogen-bond donors (Lipinski definition) is 1. The van der Waals surface area contributed by atoms with Crippen LogP contribution in [0, 0.1) is 0 Å². The summed E-state index contributed by atoms with van der Waals surface area (Å²) < 4.78 is 63.5. The van der Waals surface area contributed by atoms with E-state index in [9.17, 15) is 26.4 Å². The Kier molecular flexibility index (Phi) is 6.73. The summed E-state index contributed by atoms with van der Waals surface area (Å²) in [6.07, 6.45) is -3.94. The number of alkyl halides is 3. The first-order chi connectivity index (χ1) is 12.9. The van der Waals surface area contributed by atoms with E-state index in [-0.39, 0.29) is 5.02 Å². The van der Waals surface area contributed by atoms with Crippen LogP contribution in [0.15, 0.2) is 40.8 Å². The number of amides is 1. The molecule has 1 N–H and O–H groups in total. The van der Waals surface area contributed by atoms with E-state index in [0.29, 0.717) is 16.1 Å². The SMILES string of the molecule is CC(=NNC(=O)CN(c1cc(C(F)(F)F)ccc1Cl)S(C)(=O)=O)c1cccs1. The topological polar surface area (TPSA) is 78.8 Å². The van der Waals surface area contributed by atoms with Gasteiger partial charge in [-0.2, -0.15) is 18.3 Å². The molecule has 0 unspecified atom stereocenters. The van der Waals surface area contributed by atoms with Gasteiger partial charge in [-0.3, -0.25) is 9.10 Å². The molecule has 0 aliphatic heterocycles. The van der Waals surface area contributed by atoms with Gasteiger partial charge in [0.1, 0.15) is 6.54 Å². The summed E-state index contributed by atoms with van der Waals surface area (Å²) in [6, 6.07) is 5.80. The molecule has 0 radical (unpaired) electrons. The summed E-state index contributed by atoms with van der Waals surface area (Å²) in [7, 11) is -4.11. The quantitative estimate of drug-likeness (QED) is 0.534. The van der Waals surface area contributed by atoms with E-state index in [1.807, 2.05) is 5.38 Å². The van der Waals surface area contributed by atoms with Gasteiger partial charge in [-0.05, 0) is 36.6 Å². The van der Waals surface area contributed by atoms with Crippen molar-refractivity contribution in [2.24, 2.45) is 5.10 Å². The van der Waals surface area contributed by atoms with Gasteiger partial charge in [0.25, 0.3) is 5.91 Å². The summed E-state index contributed by atoms with van der Waals surface area (Å²) in [5, 5.41) is 5.44. The van der Waals surface area contributed by atoms with Gasteiger partial charge in [0.15, 0.2) is 0 Å². The Morgan fingerprint density at radius 1 is 1.32 bits per heavy atom. The van der Waals surface area contributed by atoms with Gasteiger partial charge in [0.2, 0.25) is 10.0 Å². The van der Waals surface area contributed by atoms with Crippen LogP contribution in [0.25, 0.3) is 0 Å². The van der Waals surface area contributed by atoms with E-state index >= 15 is 0 Å². The van der Waals surface area contributed by atoms with E-state index in [4.69, 9.17) is 11.6 Å². The zero-order chi connectivity index (χ0) is 21.1. The van der Waals surface area contributed by atoms with Crippen LogP contribution < -0.4 is 9.73 Å². The molecule has 0 fully saturated rings. The molecular weight excluding hydrogens is 439 g/mol. The summed E-state index contributed by atoms with van der Waals surface area (Å²) in [5.41, 5.74) is 1.14. The molecule has 0 bridgehead atoms. The van der Waals surface area contributed by atoms with Crippen LogP contribution in [0.1, 0.15) is 17.4 Å². The second-order valence-electron chi connectivity index (χ2n) is 5.64. The molecular formula is C16H15ClF3N3O3S2. The van der Waals surface area contributed by atoms with Crippen LogP contribution in [0.3, 0.4) is 0 Å². The van der Waals surface area contributed by atoms with Crippen LogP contribution in [0.2, 0.25) is 5.02 Å². The lowest BCUT2D eigenvalue weighted by atomic mass is 10.2. The molecule has 0 aliphatic rings. The lowest BCUT2D eigenvalue weighted by Gasteiger charge is -2.23. The predicted octanol–water partition coefficient (Wildman–Crippen LogP) is 3.73. The number of sulfonamides is 1. The summed E-state index contributed by atoms with van der Waals surface area (Å²) in [4.78, 5) is 12.9. The van der Waals surface area contributed by atoms with E-state index in [1.54, 1.807) is 19.1 Å². The van der Waals surface area contributed by atoms with Crippen molar-refractivity contribution < 1.29 is 26.4 Å². The maximum atomic E-state index is 13.0. The highest BCUT2D eigenvalue weighted by Crippen LogP contribution is 2.36. The van der Waals surface area contributed by atoms with Crippen molar-refractivity contribution in [1.82, 2.24) is 5.43 Å². The fraction of sp³-hybridized carbons (Fsp3) is 0.250. The lowest BCUT2D eigenvalue weighted by Crippen LogP contribution is -2.39. The van der Waals surface area contributed by atoms with Crippen molar-refractivity contribution in [3.05, 3.63) is 51.2 Å². The van der Waals surface area contributed by atoms with Gasteiger partial charge in [0, 0.05) is 4.88 Å². The number of rotatable bonds is 6. The number of thiophene rings is 1. The summed E-state index contributed by atoms with van der Waals surface area (Å²) >= 11 is 7.29. The molecule has 2 aromatic rings. The molecule has 0 spiro atoms. The van der Waals surface area contributed by atoms with E-state index in [0.717, 1.165) is 23.3 Å². The van der Waals surface area contributed by atoms with Crippen molar-refractivity contribution in [3.8, 4) is 0 Å². The molecule has 0 atom stereocenters. The third-order valence-corrected chi connectivity index (χ3v) is 5.88. The fourth-order valence-electron chi connectivity index (χ4n) is 2.11. The van der Waals surface area contributed by atoms with E-state index < -0.39 is 39.9 Å². The molecule has 0 saturated carbocycles. The second kappa shape index (κ2) is 8.50. The molecule has 1 aromatic heterocycles. The number of anilines is 1. The highest BCUT2D eigenvalue weighted by molar-refractivity contribution is 7.92. The minimum Gasteiger partial charge on any atom is -0.271 e. The first kappa shape index (κ1) is 22.2. The highest BCUT2D eigenvalue weighted by Gasteiger charge is 2.33. The molecule has 6 nitrogen and oxygen atoms in total. The molecule has 28 heavy (non-hydrogen) atoms. The van der Waals surface area contributed by atoms with Crippen LogP contribution >= 0.6 is 22.9 Å². The number of benzene rings is 1. The number of halogens is 4. The molecule has 0 aliphatic carbocycles. The van der Waals surface area contributed by atoms with Gasteiger partial charge in [-0.1, -0.05) is 17.7 Å². The maximum Gasteiger partial charge on any atom is 0.416 e. The zero-order valence-corrected chi connectivity index (χ0v) is 17.0. The molecule has 1 aromatic carbocycles. The van der Waals surface area contributed by atoms with Crippen molar-refractivity contribution in [3.63, 3.8) is 0 Å². The molecule has 2 rings (SSSR count). The Hall–Kier alpha value is -2.11. The summed E-state index contributed by atoms with van der Waals surface area (Å²) in [6.45, 7) is 0.852. The van der Waals surface area contributed by atoms with Crippen LogP contribution in [0.4, 0.5) is 18.9 Å². The highest BCUT2D eigenvalue weighted by atomic mass is 35.5. The van der Waals surface area contributed by atoms with Gasteiger partial charge in [-0.15, -0.1) is 11.3 Å². The van der Waals surface area contributed by atoms with Crippen molar-refractivity contribution in [2.45, 2.75) is 13.1 Å². The third kappa shape index (κ3) is 5.69. The van der Waals surface area contributed by atoms with Gasteiger partial charge in [0.05, 0.1) is 28.2 Å². The molecule has 1 amide bonds. The first-order valence-electron chi connectivity index (χ1n) is 7.61. The first-order valence-corrected chi connectivity index (χ1v) is 10.7. The fourth-order valence-corrected chi connectivity index (χ4v) is 3.92. The third-order valence-electron chi connectivity index (χ3n) is 3.46. The number of carbonyl (C=O) groups is 1. The van der Waals surface area contributed by atoms with Crippen molar-refractivity contribution in [1.29, 1.82) is 0 Å². The second-order valence-corrected chi connectivity index (χ2v) is 8.90. The number of hydrazone groups is 1. The van der Waals surface area contributed by atoms with Crippen LogP contribution in [-0.2, 0) is 21.0 Å². The number of hydrogen-bond acceptors (Lipinski definition) is 5. The average Bonchev–Trinajstić information content (AvgIpc) is 3.11. The monoisotopic (exact) mass is 453 g/mol. The zero-order valence-electron chi connectivity index (χ0n) is 14.6. The molecule has 0 saturated heterocycles. The average molecular weight is 454 g/mol. The molecule has 12 heteroatoms. The Labute approximate surface area is 168 Å². The van der Waals surface area contributed by atoms with Crippen molar-refractivity contribution in [2.75, 3.05) is 17.1 Å². The van der Waals surface area contributed by atoms with Crippen LogP contribution in [0.5, 0.6) is 0 Å². The molecule has 152 valence electrons.